The molecule has 23 heavy (non-hydrogen) atoms. The van der Waals surface area contributed by atoms with E-state index in [2.05, 4.69) is 89.0 Å². The summed E-state index contributed by atoms with van der Waals surface area (Å²) in [5.74, 6) is 0. The summed E-state index contributed by atoms with van der Waals surface area (Å²) in [6.07, 6.45) is 0.199. The second-order valence-electron chi connectivity index (χ2n) is 5.72. The van der Waals surface area contributed by atoms with Gasteiger partial charge in [0.2, 0.25) is 0 Å². The van der Waals surface area contributed by atoms with Crippen molar-refractivity contribution in [3.05, 3.63) is 96.1 Å². The monoisotopic (exact) mass is 301 g/mol. The summed E-state index contributed by atoms with van der Waals surface area (Å²) in [7, 11) is 0. The molecule has 3 aromatic carbocycles. The molecular formula is C20H19N3. The highest BCUT2D eigenvalue weighted by molar-refractivity contribution is 5.64. The number of hydrogen-bond acceptors (Lipinski definition) is 3. The second kappa shape index (κ2) is 6.34. The van der Waals surface area contributed by atoms with Crippen LogP contribution in [0, 0.1) is 0 Å². The Morgan fingerprint density at radius 1 is 0.522 bits per heavy atom. The molecule has 2 atom stereocenters. The topological polar surface area (TPSA) is 36.1 Å². The van der Waals surface area contributed by atoms with Gasteiger partial charge in [-0.2, -0.15) is 0 Å². The number of hydrogen-bond donors (Lipinski definition) is 3. The van der Waals surface area contributed by atoms with Gasteiger partial charge >= 0.3 is 0 Å². The molecule has 114 valence electrons. The summed E-state index contributed by atoms with van der Waals surface area (Å²) in [5, 5.41) is 3.58. The Labute approximate surface area is 136 Å². The van der Waals surface area contributed by atoms with Crippen molar-refractivity contribution in [3.63, 3.8) is 0 Å². The molecule has 0 radical (unpaired) electrons. The molecule has 1 fully saturated rings. The maximum atomic E-state index is 3.58. The fourth-order valence-electron chi connectivity index (χ4n) is 2.95. The summed E-state index contributed by atoms with van der Waals surface area (Å²) < 4.78 is 0. The van der Waals surface area contributed by atoms with Crippen LogP contribution in [0.4, 0.5) is 0 Å². The summed E-state index contributed by atoms with van der Waals surface area (Å²) in [6, 6.07) is 29.5. The standard InChI is InChI=1S/C20H19N3/c1-3-8-15(9-4-1)17-12-7-13-18(14-17)20-21-19(22-23-20)16-10-5-2-6-11-16/h1-14,19-23H. The van der Waals surface area contributed by atoms with Crippen molar-refractivity contribution in [1.82, 2.24) is 16.2 Å². The van der Waals surface area contributed by atoms with Crippen molar-refractivity contribution in [1.29, 1.82) is 0 Å². The maximum Gasteiger partial charge on any atom is 0.0978 e. The lowest BCUT2D eigenvalue weighted by Gasteiger charge is -2.14. The van der Waals surface area contributed by atoms with E-state index in [9.17, 15) is 0 Å². The van der Waals surface area contributed by atoms with Crippen molar-refractivity contribution in [2.24, 2.45) is 0 Å². The highest BCUT2D eigenvalue weighted by Gasteiger charge is 2.24. The molecule has 3 aromatic rings. The molecule has 0 aliphatic carbocycles. The van der Waals surface area contributed by atoms with Gasteiger partial charge in [-0.05, 0) is 28.3 Å². The number of rotatable bonds is 3. The van der Waals surface area contributed by atoms with Gasteiger partial charge in [-0.3, -0.25) is 5.32 Å². The van der Waals surface area contributed by atoms with Crippen molar-refractivity contribution < 1.29 is 0 Å². The van der Waals surface area contributed by atoms with E-state index in [4.69, 9.17) is 0 Å². The lowest BCUT2D eigenvalue weighted by Crippen LogP contribution is -2.26. The van der Waals surface area contributed by atoms with Crippen LogP contribution < -0.4 is 16.2 Å². The van der Waals surface area contributed by atoms with Gasteiger partial charge in [0.15, 0.2) is 0 Å². The minimum absolute atomic E-state index is 0.0869. The Morgan fingerprint density at radius 3 is 1.83 bits per heavy atom. The van der Waals surface area contributed by atoms with E-state index in [0.717, 1.165) is 0 Å². The maximum absolute atomic E-state index is 3.58. The Kier molecular flexibility index (Phi) is 3.90. The Hall–Kier alpha value is -2.46. The Morgan fingerprint density at radius 2 is 1.09 bits per heavy atom. The van der Waals surface area contributed by atoms with Gasteiger partial charge in [0, 0.05) is 0 Å². The molecule has 0 aromatic heterocycles. The smallest absolute Gasteiger partial charge is 0.0978 e. The fourth-order valence-corrected chi connectivity index (χ4v) is 2.95. The number of hydrazine groups is 1. The summed E-state index contributed by atoms with van der Waals surface area (Å²) in [6.45, 7) is 0. The normalized spacial score (nSPS) is 20.5. The van der Waals surface area contributed by atoms with Crippen LogP contribution in [0.2, 0.25) is 0 Å². The van der Waals surface area contributed by atoms with Crippen LogP contribution in [0.25, 0.3) is 11.1 Å². The van der Waals surface area contributed by atoms with E-state index in [-0.39, 0.29) is 12.3 Å². The highest BCUT2D eigenvalue weighted by atomic mass is 15.5. The van der Waals surface area contributed by atoms with Crippen LogP contribution in [0.3, 0.4) is 0 Å². The fraction of sp³-hybridized carbons (Fsp3) is 0.100. The SMILES string of the molecule is c1ccc(-c2cccc(C3NNC(c4ccccc4)N3)c2)cc1. The van der Waals surface area contributed by atoms with Crippen LogP contribution in [0.15, 0.2) is 84.9 Å². The predicted octanol–water partition coefficient (Wildman–Crippen LogP) is 3.75. The largest absolute Gasteiger partial charge is 0.277 e. The van der Waals surface area contributed by atoms with Gasteiger partial charge in [-0.15, -0.1) is 0 Å². The third kappa shape index (κ3) is 3.03. The van der Waals surface area contributed by atoms with Gasteiger partial charge in [0.25, 0.3) is 0 Å². The molecule has 3 N–H and O–H groups in total. The van der Waals surface area contributed by atoms with E-state index in [0.29, 0.717) is 0 Å². The summed E-state index contributed by atoms with van der Waals surface area (Å²) >= 11 is 0. The molecule has 0 saturated carbocycles. The van der Waals surface area contributed by atoms with Crippen LogP contribution in [0.5, 0.6) is 0 Å². The molecule has 3 nitrogen and oxygen atoms in total. The van der Waals surface area contributed by atoms with E-state index < -0.39 is 0 Å². The average Bonchev–Trinajstić information content (AvgIpc) is 3.14. The summed E-state index contributed by atoms with van der Waals surface area (Å²) in [4.78, 5) is 0. The zero-order chi connectivity index (χ0) is 15.5. The zero-order valence-corrected chi connectivity index (χ0v) is 12.7. The molecular weight excluding hydrogens is 282 g/mol. The molecule has 2 unspecified atom stereocenters. The molecule has 0 bridgehead atoms. The van der Waals surface area contributed by atoms with Crippen LogP contribution in [-0.2, 0) is 0 Å². The predicted molar refractivity (Wildman–Crippen MR) is 93.2 cm³/mol. The molecule has 1 saturated heterocycles. The van der Waals surface area contributed by atoms with Crippen molar-refractivity contribution >= 4 is 0 Å². The molecule has 1 heterocycles. The van der Waals surface area contributed by atoms with Crippen molar-refractivity contribution in [3.8, 4) is 11.1 Å². The summed E-state index contributed by atoms with van der Waals surface area (Å²) in [5.41, 5.74) is 11.6. The van der Waals surface area contributed by atoms with Crippen molar-refractivity contribution in [2.45, 2.75) is 12.3 Å². The lowest BCUT2D eigenvalue weighted by molar-refractivity contribution is 0.554. The molecule has 0 spiro atoms. The van der Waals surface area contributed by atoms with E-state index >= 15 is 0 Å². The van der Waals surface area contributed by atoms with Crippen molar-refractivity contribution in [2.75, 3.05) is 0 Å². The van der Waals surface area contributed by atoms with E-state index in [1.54, 1.807) is 0 Å². The van der Waals surface area contributed by atoms with Gasteiger partial charge in [-0.1, -0.05) is 78.9 Å². The third-order valence-corrected chi connectivity index (χ3v) is 4.17. The molecule has 3 heteroatoms. The van der Waals surface area contributed by atoms with Gasteiger partial charge in [-0.25, -0.2) is 10.9 Å². The first-order valence-electron chi connectivity index (χ1n) is 7.87. The average molecular weight is 301 g/mol. The lowest BCUT2D eigenvalue weighted by atomic mass is 10.0. The van der Waals surface area contributed by atoms with Crippen LogP contribution in [0.1, 0.15) is 23.5 Å². The molecule has 1 aliphatic heterocycles. The minimum atomic E-state index is 0.0869. The van der Waals surface area contributed by atoms with E-state index in [1.807, 2.05) is 12.1 Å². The molecule has 4 rings (SSSR count). The number of nitrogens with one attached hydrogen (secondary N) is 3. The molecule has 0 amide bonds. The van der Waals surface area contributed by atoms with Gasteiger partial charge in [0.1, 0.15) is 0 Å². The van der Waals surface area contributed by atoms with Crippen LogP contribution in [-0.4, -0.2) is 0 Å². The quantitative estimate of drug-likeness (QED) is 0.689. The molecule has 1 aliphatic rings. The third-order valence-electron chi connectivity index (χ3n) is 4.17. The number of benzene rings is 3. The second-order valence-corrected chi connectivity index (χ2v) is 5.72. The van der Waals surface area contributed by atoms with E-state index in [1.165, 1.54) is 22.3 Å². The Balaban J connectivity index is 1.55. The van der Waals surface area contributed by atoms with Gasteiger partial charge in [0.05, 0.1) is 12.3 Å². The first-order chi connectivity index (χ1) is 11.4. The first kappa shape index (κ1) is 14.2. The first-order valence-corrected chi connectivity index (χ1v) is 7.87. The van der Waals surface area contributed by atoms with Crippen LogP contribution >= 0.6 is 0 Å². The van der Waals surface area contributed by atoms with Gasteiger partial charge < -0.3 is 0 Å². The zero-order valence-electron chi connectivity index (χ0n) is 12.7. The minimum Gasteiger partial charge on any atom is -0.277 e. The Bertz CT molecular complexity index is 771. The highest BCUT2D eigenvalue weighted by Crippen LogP contribution is 2.25.